The lowest BCUT2D eigenvalue weighted by molar-refractivity contribution is 0.283. The van der Waals surface area contributed by atoms with Crippen LogP contribution in [0.1, 0.15) is 38.5 Å². The molecule has 136 valence electrons. The van der Waals surface area contributed by atoms with Gasteiger partial charge in [-0.2, -0.15) is 0 Å². The van der Waals surface area contributed by atoms with E-state index in [1.54, 1.807) is 13.2 Å². The van der Waals surface area contributed by atoms with E-state index in [2.05, 4.69) is 0 Å². The Morgan fingerprint density at radius 3 is 2.04 bits per heavy atom. The first kappa shape index (κ1) is 19.0. The average molecular weight is 343 g/mol. The molecule has 0 radical (unpaired) electrons. The molecule has 0 unspecified atom stereocenters. The number of nitrogens with two attached hydrogens (primary N) is 1. The minimum Gasteiger partial charge on any atom is -0.494 e. The molecule has 0 aliphatic rings. The monoisotopic (exact) mass is 343 g/mol. The van der Waals surface area contributed by atoms with Crippen LogP contribution in [0.4, 0.5) is 5.69 Å². The van der Waals surface area contributed by atoms with Crippen molar-refractivity contribution in [3.8, 4) is 17.2 Å². The van der Waals surface area contributed by atoms with Crippen molar-refractivity contribution in [2.45, 2.75) is 38.5 Å². The van der Waals surface area contributed by atoms with Crippen LogP contribution in [0.2, 0.25) is 0 Å². The number of para-hydroxylation sites is 1. The van der Waals surface area contributed by atoms with Gasteiger partial charge in [-0.15, -0.1) is 0 Å². The summed E-state index contributed by atoms with van der Waals surface area (Å²) >= 11 is 0. The molecule has 0 aliphatic carbocycles. The van der Waals surface area contributed by atoms with E-state index in [0.717, 1.165) is 30.9 Å². The summed E-state index contributed by atoms with van der Waals surface area (Å²) in [4.78, 5) is 0. The van der Waals surface area contributed by atoms with Crippen molar-refractivity contribution in [3.63, 3.8) is 0 Å². The van der Waals surface area contributed by atoms with Crippen LogP contribution in [-0.4, -0.2) is 20.3 Å². The number of anilines is 1. The summed E-state index contributed by atoms with van der Waals surface area (Å²) in [5, 5.41) is 0. The van der Waals surface area contributed by atoms with E-state index in [4.69, 9.17) is 19.9 Å². The van der Waals surface area contributed by atoms with Gasteiger partial charge in [0.15, 0.2) is 11.5 Å². The van der Waals surface area contributed by atoms with Crippen molar-refractivity contribution in [3.05, 3.63) is 48.5 Å². The van der Waals surface area contributed by atoms with Gasteiger partial charge in [-0.3, -0.25) is 0 Å². The van der Waals surface area contributed by atoms with Crippen LogP contribution in [0.15, 0.2) is 48.5 Å². The second kappa shape index (κ2) is 11.2. The number of rotatable bonds is 12. The molecule has 0 saturated carbocycles. The van der Waals surface area contributed by atoms with E-state index in [1.165, 1.54) is 25.7 Å². The van der Waals surface area contributed by atoms with Gasteiger partial charge in [0.25, 0.3) is 0 Å². The topological polar surface area (TPSA) is 53.7 Å². The molecule has 0 atom stereocenters. The highest BCUT2D eigenvalue weighted by Gasteiger charge is 2.04. The number of ether oxygens (including phenoxy) is 3. The van der Waals surface area contributed by atoms with Gasteiger partial charge in [0, 0.05) is 11.8 Å². The van der Waals surface area contributed by atoms with Crippen LogP contribution in [0.25, 0.3) is 0 Å². The Kier molecular flexibility index (Phi) is 8.53. The zero-order valence-corrected chi connectivity index (χ0v) is 15.1. The van der Waals surface area contributed by atoms with E-state index >= 15 is 0 Å². The van der Waals surface area contributed by atoms with Crippen molar-refractivity contribution in [1.29, 1.82) is 0 Å². The summed E-state index contributed by atoms with van der Waals surface area (Å²) in [7, 11) is 1.63. The minimum absolute atomic E-state index is 0.681. The largest absolute Gasteiger partial charge is 0.494 e. The molecule has 0 aliphatic heterocycles. The molecule has 4 heteroatoms. The molecule has 2 aromatic carbocycles. The summed E-state index contributed by atoms with van der Waals surface area (Å²) in [5.74, 6) is 2.41. The third kappa shape index (κ3) is 7.38. The van der Waals surface area contributed by atoms with Crippen LogP contribution >= 0.6 is 0 Å². The van der Waals surface area contributed by atoms with Gasteiger partial charge in [0.05, 0.1) is 20.3 Å². The zero-order valence-electron chi connectivity index (χ0n) is 15.1. The number of hydrogen-bond acceptors (Lipinski definition) is 4. The number of unbranched alkanes of at least 4 members (excludes halogenated alkanes) is 5. The Morgan fingerprint density at radius 2 is 1.36 bits per heavy atom. The first-order chi connectivity index (χ1) is 12.3. The molecule has 0 aromatic heterocycles. The van der Waals surface area contributed by atoms with E-state index < -0.39 is 0 Å². The van der Waals surface area contributed by atoms with Crippen LogP contribution in [0, 0.1) is 0 Å². The van der Waals surface area contributed by atoms with Crippen molar-refractivity contribution in [2.24, 2.45) is 0 Å². The number of hydrogen-bond donors (Lipinski definition) is 1. The normalized spacial score (nSPS) is 10.4. The van der Waals surface area contributed by atoms with Crippen molar-refractivity contribution < 1.29 is 14.2 Å². The Morgan fingerprint density at radius 1 is 0.720 bits per heavy atom. The van der Waals surface area contributed by atoms with Crippen molar-refractivity contribution in [2.75, 3.05) is 26.1 Å². The average Bonchev–Trinajstić information content (AvgIpc) is 2.65. The second-order valence-corrected chi connectivity index (χ2v) is 6.04. The van der Waals surface area contributed by atoms with Gasteiger partial charge in [-0.25, -0.2) is 0 Å². The maximum Gasteiger partial charge on any atom is 0.162 e. The zero-order chi connectivity index (χ0) is 17.7. The second-order valence-electron chi connectivity index (χ2n) is 6.04. The lowest BCUT2D eigenvalue weighted by atomic mass is 10.1. The minimum atomic E-state index is 0.681. The molecule has 25 heavy (non-hydrogen) atoms. The molecule has 0 saturated heterocycles. The molecular weight excluding hydrogens is 314 g/mol. The molecule has 2 rings (SSSR count). The van der Waals surface area contributed by atoms with Crippen LogP contribution in [-0.2, 0) is 0 Å². The first-order valence-corrected chi connectivity index (χ1v) is 9.04. The number of nitrogen functional groups attached to an aromatic ring is 1. The lowest BCUT2D eigenvalue weighted by Gasteiger charge is -2.11. The number of methoxy groups -OCH3 is 1. The quantitative estimate of drug-likeness (QED) is 0.431. The molecular formula is C21H29NO3. The van der Waals surface area contributed by atoms with Gasteiger partial charge in [-0.1, -0.05) is 43.9 Å². The van der Waals surface area contributed by atoms with Crippen molar-refractivity contribution >= 4 is 5.69 Å². The maximum absolute atomic E-state index is 5.78. The molecule has 0 amide bonds. The van der Waals surface area contributed by atoms with Crippen LogP contribution in [0.3, 0.4) is 0 Å². The van der Waals surface area contributed by atoms with E-state index in [9.17, 15) is 0 Å². The highest BCUT2D eigenvalue weighted by molar-refractivity contribution is 5.51. The fourth-order valence-corrected chi connectivity index (χ4v) is 2.60. The molecule has 0 heterocycles. The van der Waals surface area contributed by atoms with Crippen LogP contribution in [0.5, 0.6) is 17.2 Å². The summed E-state index contributed by atoms with van der Waals surface area (Å²) in [5.41, 5.74) is 6.42. The van der Waals surface area contributed by atoms with E-state index in [1.807, 2.05) is 42.5 Å². The Labute approximate surface area is 150 Å². The van der Waals surface area contributed by atoms with E-state index in [-0.39, 0.29) is 0 Å². The Hall–Kier alpha value is -2.36. The Bertz CT molecular complexity index is 601. The van der Waals surface area contributed by atoms with Gasteiger partial charge in [0.2, 0.25) is 0 Å². The summed E-state index contributed by atoms with van der Waals surface area (Å²) in [6, 6.07) is 15.5. The van der Waals surface area contributed by atoms with Gasteiger partial charge in [0.1, 0.15) is 5.75 Å². The van der Waals surface area contributed by atoms with Gasteiger partial charge in [-0.05, 0) is 37.1 Å². The fourth-order valence-electron chi connectivity index (χ4n) is 2.60. The predicted octanol–water partition coefficient (Wildman–Crippen LogP) is 5.08. The molecule has 0 fully saturated rings. The predicted molar refractivity (Wildman–Crippen MR) is 103 cm³/mol. The molecule has 0 bridgehead atoms. The summed E-state index contributed by atoms with van der Waals surface area (Å²) in [6.45, 7) is 1.50. The van der Waals surface area contributed by atoms with Gasteiger partial charge >= 0.3 is 0 Å². The summed E-state index contributed by atoms with van der Waals surface area (Å²) < 4.78 is 16.7. The van der Waals surface area contributed by atoms with E-state index in [0.29, 0.717) is 18.0 Å². The highest BCUT2D eigenvalue weighted by Crippen LogP contribution is 2.29. The Balaban J connectivity index is 1.46. The molecule has 4 nitrogen and oxygen atoms in total. The van der Waals surface area contributed by atoms with Crippen LogP contribution < -0.4 is 19.9 Å². The third-order valence-corrected chi connectivity index (χ3v) is 4.00. The SMILES string of the molecule is COc1cc(N)ccc1OCCCCCCCCOc1ccccc1. The smallest absolute Gasteiger partial charge is 0.162 e. The fraction of sp³-hybridized carbons (Fsp3) is 0.429. The maximum atomic E-state index is 5.78. The molecule has 2 N–H and O–H groups in total. The molecule has 0 spiro atoms. The summed E-state index contributed by atoms with van der Waals surface area (Å²) in [6.07, 6.45) is 7.01. The standard InChI is InChI=1S/C21H29NO3/c1-23-21-17-18(22)13-14-20(21)25-16-10-5-3-2-4-9-15-24-19-11-7-6-8-12-19/h6-8,11-14,17H,2-5,9-10,15-16,22H2,1H3. The molecule has 2 aromatic rings. The van der Waals surface area contributed by atoms with Crippen molar-refractivity contribution in [1.82, 2.24) is 0 Å². The first-order valence-electron chi connectivity index (χ1n) is 9.04. The highest BCUT2D eigenvalue weighted by atomic mass is 16.5. The lowest BCUT2D eigenvalue weighted by Crippen LogP contribution is -2.00. The number of benzene rings is 2. The van der Waals surface area contributed by atoms with Gasteiger partial charge < -0.3 is 19.9 Å². The third-order valence-electron chi connectivity index (χ3n) is 4.00.